The lowest BCUT2D eigenvalue weighted by Gasteiger charge is -2.26. The van der Waals surface area contributed by atoms with E-state index in [0.29, 0.717) is 5.92 Å². The van der Waals surface area contributed by atoms with Crippen molar-refractivity contribution in [1.82, 2.24) is 4.98 Å². The Morgan fingerprint density at radius 1 is 1.53 bits per heavy atom. The first kappa shape index (κ1) is 12.3. The highest BCUT2D eigenvalue weighted by Gasteiger charge is 2.31. The summed E-state index contributed by atoms with van der Waals surface area (Å²) in [5.74, 6) is 1.39. The second kappa shape index (κ2) is 5.02. The van der Waals surface area contributed by atoms with Crippen LogP contribution in [0.3, 0.4) is 0 Å². The number of hydrogen-bond acceptors (Lipinski definition) is 4. The maximum atomic E-state index is 9.43. The Hall–Kier alpha value is -1.13. The van der Waals surface area contributed by atoms with E-state index in [4.69, 9.17) is 0 Å². The van der Waals surface area contributed by atoms with E-state index in [-0.39, 0.29) is 12.6 Å². The Labute approximate surface area is 102 Å². The van der Waals surface area contributed by atoms with Crippen molar-refractivity contribution in [3.63, 3.8) is 0 Å². The fourth-order valence-electron chi connectivity index (χ4n) is 2.39. The molecule has 2 heterocycles. The molecule has 1 aliphatic rings. The van der Waals surface area contributed by atoms with Gasteiger partial charge in [0.05, 0.1) is 18.8 Å². The van der Waals surface area contributed by atoms with Crippen molar-refractivity contribution in [2.24, 2.45) is 5.92 Å². The van der Waals surface area contributed by atoms with Crippen LogP contribution in [-0.2, 0) is 0 Å². The van der Waals surface area contributed by atoms with Gasteiger partial charge in [-0.15, -0.1) is 0 Å². The predicted octanol–water partition coefficient (Wildman–Crippen LogP) is 1.34. The highest BCUT2D eigenvalue weighted by atomic mass is 16.3. The smallest absolute Gasteiger partial charge is 0.128 e. The minimum atomic E-state index is -0.484. The molecule has 2 N–H and O–H groups in total. The van der Waals surface area contributed by atoms with Gasteiger partial charge in [-0.1, -0.05) is 13.0 Å². The van der Waals surface area contributed by atoms with Crippen LogP contribution < -0.4 is 4.90 Å². The summed E-state index contributed by atoms with van der Waals surface area (Å²) in [7, 11) is 0. The van der Waals surface area contributed by atoms with Gasteiger partial charge in [-0.05, 0) is 30.9 Å². The molecule has 0 radical (unpaired) electrons. The molecule has 0 saturated carbocycles. The van der Waals surface area contributed by atoms with Gasteiger partial charge in [-0.25, -0.2) is 4.98 Å². The lowest BCUT2D eigenvalue weighted by atomic mass is 10.0. The number of aromatic nitrogens is 1. The highest BCUT2D eigenvalue weighted by Crippen LogP contribution is 2.28. The van der Waals surface area contributed by atoms with Gasteiger partial charge in [0.15, 0.2) is 0 Å². The molecule has 1 fully saturated rings. The molecule has 0 spiro atoms. The molecule has 94 valence electrons. The normalized spacial score (nSPS) is 26.2. The van der Waals surface area contributed by atoms with Crippen LogP contribution in [0.5, 0.6) is 0 Å². The zero-order chi connectivity index (χ0) is 12.4. The van der Waals surface area contributed by atoms with Crippen LogP contribution in [-0.4, -0.2) is 34.4 Å². The lowest BCUT2D eigenvalue weighted by molar-refractivity contribution is 0.199. The molecule has 2 unspecified atom stereocenters. The standard InChI is InChI=1S/C13H20N2O2/c1-9-5-6-15(12(9)8-16)13-4-3-11(7-14-13)10(2)17/h3-4,7,9-10,12,16-17H,5-6,8H2,1-2H3/t9?,10-,12?/m0/s1. The van der Waals surface area contributed by atoms with Crippen LogP contribution in [0, 0.1) is 5.92 Å². The summed E-state index contributed by atoms with van der Waals surface area (Å²) >= 11 is 0. The van der Waals surface area contributed by atoms with Gasteiger partial charge >= 0.3 is 0 Å². The molecule has 0 aliphatic carbocycles. The number of pyridine rings is 1. The number of aliphatic hydroxyl groups excluding tert-OH is 2. The summed E-state index contributed by atoms with van der Waals surface area (Å²) in [6.07, 6.45) is 2.31. The van der Waals surface area contributed by atoms with Crippen LogP contribution in [0.25, 0.3) is 0 Å². The third kappa shape index (κ3) is 2.42. The number of nitrogens with zero attached hydrogens (tertiary/aromatic N) is 2. The van der Waals surface area contributed by atoms with Crippen LogP contribution in [0.4, 0.5) is 5.82 Å². The van der Waals surface area contributed by atoms with Crippen molar-refractivity contribution in [3.05, 3.63) is 23.9 Å². The predicted molar refractivity (Wildman–Crippen MR) is 66.9 cm³/mol. The average molecular weight is 236 g/mol. The van der Waals surface area contributed by atoms with Crippen LogP contribution in [0.2, 0.25) is 0 Å². The minimum Gasteiger partial charge on any atom is -0.394 e. The highest BCUT2D eigenvalue weighted by molar-refractivity contribution is 5.42. The Kier molecular flexibility index (Phi) is 3.64. The van der Waals surface area contributed by atoms with Gasteiger partial charge in [0, 0.05) is 12.7 Å². The molecule has 0 aromatic carbocycles. The van der Waals surface area contributed by atoms with Crippen molar-refractivity contribution in [3.8, 4) is 0 Å². The lowest BCUT2D eigenvalue weighted by Crippen LogP contribution is -2.35. The van der Waals surface area contributed by atoms with E-state index in [2.05, 4.69) is 16.8 Å². The van der Waals surface area contributed by atoms with E-state index in [9.17, 15) is 10.2 Å². The molecule has 17 heavy (non-hydrogen) atoms. The van der Waals surface area contributed by atoms with Crippen LogP contribution in [0.15, 0.2) is 18.3 Å². The largest absolute Gasteiger partial charge is 0.394 e. The first-order valence-corrected chi connectivity index (χ1v) is 6.15. The third-order valence-electron chi connectivity index (χ3n) is 3.62. The van der Waals surface area contributed by atoms with Crippen molar-refractivity contribution in [2.45, 2.75) is 32.4 Å². The fourth-order valence-corrected chi connectivity index (χ4v) is 2.39. The van der Waals surface area contributed by atoms with Crippen molar-refractivity contribution in [1.29, 1.82) is 0 Å². The molecule has 1 saturated heterocycles. The molecule has 3 atom stereocenters. The molecule has 4 nitrogen and oxygen atoms in total. The summed E-state index contributed by atoms with van der Waals surface area (Å²) in [5, 5.41) is 18.8. The van der Waals surface area contributed by atoms with Gasteiger partial charge in [0.2, 0.25) is 0 Å². The van der Waals surface area contributed by atoms with Crippen LogP contribution >= 0.6 is 0 Å². The Morgan fingerprint density at radius 2 is 2.29 bits per heavy atom. The average Bonchev–Trinajstić information content (AvgIpc) is 2.70. The molecule has 0 amide bonds. The summed E-state index contributed by atoms with van der Waals surface area (Å²) in [6.45, 7) is 4.99. The third-order valence-corrected chi connectivity index (χ3v) is 3.62. The van der Waals surface area contributed by atoms with E-state index < -0.39 is 6.10 Å². The number of rotatable bonds is 3. The molecule has 1 aliphatic heterocycles. The Morgan fingerprint density at radius 3 is 2.82 bits per heavy atom. The van der Waals surface area contributed by atoms with E-state index in [1.54, 1.807) is 13.1 Å². The molecule has 1 aromatic heterocycles. The number of hydrogen-bond donors (Lipinski definition) is 2. The maximum Gasteiger partial charge on any atom is 0.128 e. The molecule has 1 aromatic rings. The first-order chi connectivity index (χ1) is 8.13. The van der Waals surface area contributed by atoms with E-state index in [0.717, 1.165) is 24.3 Å². The summed E-state index contributed by atoms with van der Waals surface area (Å²) in [4.78, 5) is 6.52. The zero-order valence-electron chi connectivity index (χ0n) is 10.4. The van der Waals surface area contributed by atoms with Crippen LogP contribution in [0.1, 0.15) is 31.9 Å². The Balaban J connectivity index is 2.17. The molecule has 4 heteroatoms. The second-order valence-electron chi connectivity index (χ2n) is 4.83. The fraction of sp³-hybridized carbons (Fsp3) is 0.615. The monoisotopic (exact) mass is 236 g/mol. The molecule has 2 rings (SSSR count). The van der Waals surface area contributed by atoms with Crippen molar-refractivity contribution >= 4 is 5.82 Å². The van der Waals surface area contributed by atoms with E-state index in [1.165, 1.54) is 0 Å². The SMILES string of the molecule is CC1CCN(c2ccc([C@H](C)O)cn2)C1CO. The number of anilines is 1. The molecule has 0 bridgehead atoms. The van der Waals surface area contributed by atoms with Gasteiger partial charge in [0.25, 0.3) is 0 Å². The molecular weight excluding hydrogens is 216 g/mol. The van der Waals surface area contributed by atoms with Crippen molar-refractivity contribution < 1.29 is 10.2 Å². The quantitative estimate of drug-likeness (QED) is 0.831. The molecular formula is C13H20N2O2. The van der Waals surface area contributed by atoms with Gasteiger partial charge in [-0.3, -0.25) is 0 Å². The summed E-state index contributed by atoms with van der Waals surface area (Å²) < 4.78 is 0. The topological polar surface area (TPSA) is 56.6 Å². The first-order valence-electron chi connectivity index (χ1n) is 6.15. The summed E-state index contributed by atoms with van der Waals surface area (Å²) in [5.41, 5.74) is 0.821. The second-order valence-corrected chi connectivity index (χ2v) is 4.83. The maximum absolute atomic E-state index is 9.43. The van der Waals surface area contributed by atoms with Gasteiger partial charge in [-0.2, -0.15) is 0 Å². The van der Waals surface area contributed by atoms with Crippen molar-refractivity contribution in [2.75, 3.05) is 18.1 Å². The minimum absolute atomic E-state index is 0.167. The Bertz CT molecular complexity index is 364. The zero-order valence-corrected chi connectivity index (χ0v) is 10.4. The number of aliphatic hydroxyl groups is 2. The van der Waals surface area contributed by atoms with E-state index in [1.807, 2.05) is 12.1 Å². The summed E-state index contributed by atoms with van der Waals surface area (Å²) in [6, 6.07) is 3.98. The van der Waals surface area contributed by atoms with Gasteiger partial charge in [0.1, 0.15) is 5.82 Å². The van der Waals surface area contributed by atoms with E-state index >= 15 is 0 Å². The van der Waals surface area contributed by atoms with Gasteiger partial charge < -0.3 is 15.1 Å².